The maximum absolute atomic E-state index is 14.0. The molecule has 3 aromatic rings. The molecular weight excluding hydrogens is 471 g/mol. The van der Waals surface area contributed by atoms with Crippen LogP contribution in [-0.4, -0.2) is 71.6 Å². The van der Waals surface area contributed by atoms with E-state index < -0.39 is 6.43 Å². The first-order valence-corrected chi connectivity index (χ1v) is 12.6. The SMILES string of the molecule is FCCNC1CCC(CNc2nc(N3CCOCC3)cc(-n3c(C(F)F)nc4ccccc43)n2)CC1. The first kappa shape index (κ1) is 24.8. The zero-order chi connectivity index (χ0) is 24.9. The molecule has 36 heavy (non-hydrogen) atoms. The van der Waals surface area contributed by atoms with Crippen LogP contribution in [0.4, 0.5) is 24.9 Å². The van der Waals surface area contributed by atoms with Gasteiger partial charge in [-0.25, -0.2) is 18.2 Å². The van der Waals surface area contributed by atoms with Crippen LogP contribution in [0.3, 0.4) is 0 Å². The van der Waals surface area contributed by atoms with Crippen LogP contribution in [0.1, 0.15) is 37.9 Å². The fourth-order valence-electron chi connectivity index (χ4n) is 5.07. The molecule has 8 nitrogen and oxygen atoms in total. The average molecular weight is 504 g/mol. The van der Waals surface area contributed by atoms with Crippen LogP contribution in [0.25, 0.3) is 16.9 Å². The predicted molar refractivity (Wildman–Crippen MR) is 133 cm³/mol. The van der Waals surface area contributed by atoms with E-state index in [1.165, 1.54) is 4.57 Å². The highest BCUT2D eigenvalue weighted by atomic mass is 19.3. The number of ether oxygens (including phenoxy) is 1. The van der Waals surface area contributed by atoms with E-state index in [4.69, 9.17) is 9.72 Å². The molecule has 1 aliphatic carbocycles. The molecule has 0 spiro atoms. The Kier molecular flexibility index (Phi) is 7.86. The summed E-state index contributed by atoms with van der Waals surface area (Å²) in [5.41, 5.74) is 1.07. The molecule has 11 heteroatoms. The van der Waals surface area contributed by atoms with Crippen molar-refractivity contribution in [3.8, 4) is 5.82 Å². The van der Waals surface area contributed by atoms with Gasteiger partial charge in [-0.05, 0) is 43.7 Å². The summed E-state index contributed by atoms with van der Waals surface area (Å²) in [4.78, 5) is 15.7. The predicted octanol–water partition coefficient (Wildman–Crippen LogP) is 4.12. The summed E-state index contributed by atoms with van der Waals surface area (Å²) < 4.78 is 47.4. The minimum Gasteiger partial charge on any atom is -0.378 e. The lowest BCUT2D eigenvalue weighted by Crippen LogP contribution is -2.37. The number of anilines is 2. The molecule has 3 heterocycles. The number of nitrogens with one attached hydrogen (secondary N) is 2. The molecule has 1 aliphatic heterocycles. The molecule has 2 aliphatic rings. The molecule has 0 atom stereocenters. The number of alkyl halides is 3. The Morgan fingerprint density at radius 1 is 1.00 bits per heavy atom. The molecule has 0 amide bonds. The summed E-state index contributed by atoms with van der Waals surface area (Å²) in [7, 11) is 0. The molecule has 0 radical (unpaired) electrons. The highest BCUT2D eigenvalue weighted by Gasteiger charge is 2.24. The van der Waals surface area contributed by atoms with Crippen molar-refractivity contribution in [3.05, 3.63) is 36.2 Å². The van der Waals surface area contributed by atoms with Crippen LogP contribution >= 0.6 is 0 Å². The minimum atomic E-state index is -2.75. The Morgan fingerprint density at radius 3 is 2.50 bits per heavy atom. The van der Waals surface area contributed by atoms with Crippen molar-refractivity contribution in [2.24, 2.45) is 5.92 Å². The highest BCUT2D eigenvalue weighted by Crippen LogP contribution is 2.30. The van der Waals surface area contributed by atoms with Crippen molar-refractivity contribution < 1.29 is 17.9 Å². The van der Waals surface area contributed by atoms with E-state index in [0.29, 0.717) is 80.0 Å². The van der Waals surface area contributed by atoms with E-state index in [9.17, 15) is 13.2 Å². The number of fused-ring (bicyclic) bond motifs is 1. The largest absolute Gasteiger partial charge is 0.378 e. The monoisotopic (exact) mass is 503 g/mol. The second-order valence-electron chi connectivity index (χ2n) is 9.34. The van der Waals surface area contributed by atoms with Crippen molar-refractivity contribution in [2.45, 2.75) is 38.2 Å². The van der Waals surface area contributed by atoms with Gasteiger partial charge in [0.25, 0.3) is 6.43 Å². The number of morpholine rings is 1. The lowest BCUT2D eigenvalue weighted by molar-refractivity contribution is 0.122. The average Bonchev–Trinajstić information content (AvgIpc) is 3.32. The van der Waals surface area contributed by atoms with Crippen LogP contribution in [0.15, 0.2) is 30.3 Å². The van der Waals surface area contributed by atoms with Gasteiger partial charge in [0, 0.05) is 38.3 Å². The second kappa shape index (κ2) is 11.4. The number of halogens is 3. The van der Waals surface area contributed by atoms with Gasteiger partial charge in [-0.1, -0.05) is 12.1 Å². The number of hydrogen-bond acceptors (Lipinski definition) is 7. The smallest absolute Gasteiger partial charge is 0.296 e. The number of nitrogens with zero attached hydrogens (tertiary/aromatic N) is 5. The minimum absolute atomic E-state index is 0.340. The van der Waals surface area contributed by atoms with Crippen molar-refractivity contribution in [3.63, 3.8) is 0 Å². The summed E-state index contributed by atoms with van der Waals surface area (Å²) in [6.07, 6.45) is 1.30. The van der Waals surface area contributed by atoms with E-state index in [0.717, 1.165) is 25.7 Å². The molecule has 2 fully saturated rings. The zero-order valence-corrected chi connectivity index (χ0v) is 20.2. The summed E-state index contributed by atoms with van der Waals surface area (Å²) in [6.45, 7) is 3.24. The molecule has 1 saturated carbocycles. The third-order valence-corrected chi connectivity index (χ3v) is 6.97. The van der Waals surface area contributed by atoms with E-state index in [1.807, 2.05) is 0 Å². The van der Waals surface area contributed by atoms with Gasteiger partial charge in [0.15, 0.2) is 5.82 Å². The molecule has 5 rings (SSSR count). The van der Waals surface area contributed by atoms with Crippen molar-refractivity contribution in [1.82, 2.24) is 24.8 Å². The number of hydrogen-bond donors (Lipinski definition) is 2. The van der Waals surface area contributed by atoms with Gasteiger partial charge in [-0.3, -0.25) is 4.57 Å². The van der Waals surface area contributed by atoms with Crippen LogP contribution < -0.4 is 15.5 Å². The Balaban J connectivity index is 1.41. The summed E-state index contributed by atoms with van der Waals surface area (Å²) in [5.74, 6) is 1.54. The summed E-state index contributed by atoms with van der Waals surface area (Å²) in [6, 6.07) is 9.19. The van der Waals surface area contributed by atoms with Gasteiger partial charge in [-0.15, -0.1) is 0 Å². The normalized spacial score (nSPS) is 20.8. The highest BCUT2D eigenvalue weighted by molar-refractivity contribution is 5.78. The summed E-state index contributed by atoms with van der Waals surface area (Å²) in [5, 5.41) is 6.62. The Bertz CT molecular complexity index is 1140. The van der Waals surface area contributed by atoms with Crippen molar-refractivity contribution in [2.75, 3.05) is 56.3 Å². The maximum atomic E-state index is 14.0. The van der Waals surface area contributed by atoms with Gasteiger partial charge >= 0.3 is 0 Å². The van der Waals surface area contributed by atoms with Crippen LogP contribution in [0.2, 0.25) is 0 Å². The number of para-hydroxylation sites is 2. The second-order valence-corrected chi connectivity index (χ2v) is 9.34. The van der Waals surface area contributed by atoms with Gasteiger partial charge < -0.3 is 20.3 Å². The third-order valence-electron chi connectivity index (χ3n) is 6.97. The standard InChI is InChI=1S/C25H32F3N7O/c26-9-10-29-18-7-5-17(6-8-18)16-30-25-32-21(34-11-13-36-14-12-34)15-22(33-25)35-20-4-2-1-3-19(20)31-24(35)23(27)28/h1-4,15,17-18,23,29H,5-14,16H2,(H,30,32,33). The fourth-order valence-corrected chi connectivity index (χ4v) is 5.07. The van der Waals surface area contributed by atoms with Crippen molar-refractivity contribution >= 4 is 22.8 Å². The first-order chi connectivity index (χ1) is 17.6. The Hall–Kier alpha value is -2.92. The Labute approximate surface area is 208 Å². The molecule has 0 unspecified atom stereocenters. The molecule has 2 N–H and O–H groups in total. The van der Waals surface area contributed by atoms with E-state index in [1.54, 1.807) is 30.3 Å². The van der Waals surface area contributed by atoms with Gasteiger partial charge in [0.05, 0.1) is 24.2 Å². The molecule has 194 valence electrons. The topological polar surface area (TPSA) is 80.1 Å². The van der Waals surface area contributed by atoms with Gasteiger partial charge in [0.1, 0.15) is 18.3 Å². The first-order valence-electron chi connectivity index (χ1n) is 12.6. The number of benzene rings is 1. The van der Waals surface area contributed by atoms with Crippen LogP contribution in [-0.2, 0) is 4.74 Å². The molecule has 0 bridgehead atoms. The van der Waals surface area contributed by atoms with Crippen LogP contribution in [0.5, 0.6) is 0 Å². The molecular formula is C25H32F3N7O. The molecule has 1 aromatic carbocycles. The Morgan fingerprint density at radius 2 is 1.75 bits per heavy atom. The van der Waals surface area contributed by atoms with Gasteiger partial charge in [-0.2, -0.15) is 9.97 Å². The number of rotatable bonds is 9. The fraction of sp³-hybridized carbons (Fsp3) is 0.560. The van der Waals surface area contributed by atoms with Gasteiger partial charge in [0.2, 0.25) is 5.95 Å². The number of aromatic nitrogens is 4. The third kappa shape index (κ3) is 5.57. The molecule has 2 aromatic heterocycles. The lowest BCUT2D eigenvalue weighted by atomic mass is 9.86. The summed E-state index contributed by atoms with van der Waals surface area (Å²) >= 11 is 0. The zero-order valence-electron chi connectivity index (χ0n) is 20.2. The maximum Gasteiger partial charge on any atom is 0.296 e. The van der Waals surface area contributed by atoms with Crippen LogP contribution in [0, 0.1) is 5.92 Å². The lowest BCUT2D eigenvalue weighted by Gasteiger charge is -2.30. The van der Waals surface area contributed by atoms with E-state index in [2.05, 4.69) is 25.5 Å². The van der Waals surface area contributed by atoms with E-state index in [-0.39, 0.29) is 12.5 Å². The van der Waals surface area contributed by atoms with E-state index >= 15 is 0 Å². The molecule has 1 saturated heterocycles. The number of imidazole rings is 1. The van der Waals surface area contributed by atoms with Crippen molar-refractivity contribution in [1.29, 1.82) is 0 Å². The quantitative estimate of drug-likeness (QED) is 0.455.